The van der Waals surface area contributed by atoms with Crippen molar-refractivity contribution in [2.75, 3.05) is 18.1 Å². The fraction of sp³-hybridized carbons (Fsp3) is 0.235. The van der Waals surface area contributed by atoms with E-state index in [9.17, 15) is 4.79 Å². The van der Waals surface area contributed by atoms with Crippen molar-refractivity contribution in [2.24, 2.45) is 0 Å². The van der Waals surface area contributed by atoms with Crippen molar-refractivity contribution in [3.05, 3.63) is 60.7 Å². The molecule has 0 aliphatic carbocycles. The number of hydrogen-bond donors (Lipinski definition) is 0. The Hall–Kier alpha value is -2.29. The van der Waals surface area contributed by atoms with Gasteiger partial charge in [0.25, 0.3) is 0 Å². The fourth-order valence-electron chi connectivity index (χ4n) is 2.02. The Labute approximate surface area is 119 Å². The van der Waals surface area contributed by atoms with E-state index in [1.165, 1.54) is 0 Å². The van der Waals surface area contributed by atoms with Gasteiger partial charge in [0.2, 0.25) is 5.91 Å². The Kier molecular flexibility index (Phi) is 5.18. The molecule has 0 bridgehead atoms. The Morgan fingerprint density at radius 3 is 2.20 bits per heavy atom. The molecule has 0 aliphatic rings. The Morgan fingerprint density at radius 2 is 1.60 bits per heavy atom. The monoisotopic (exact) mass is 269 g/mol. The lowest BCUT2D eigenvalue weighted by Gasteiger charge is -2.21. The van der Waals surface area contributed by atoms with E-state index in [2.05, 4.69) is 0 Å². The summed E-state index contributed by atoms with van der Waals surface area (Å²) in [4.78, 5) is 14.0. The van der Waals surface area contributed by atoms with Gasteiger partial charge in [-0.1, -0.05) is 36.4 Å². The van der Waals surface area contributed by atoms with Gasteiger partial charge < -0.3 is 9.64 Å². The smallest absolute Gasteiger partial charge is 0.230 e. The molecule has 2 rings (SSSR count). The van der Waals surface area contributed by atoms with E-state index >= 15 is 0 Å². The fourth-order valence-corrected chi connectivity index (χ4v) is 2.02. The van der Waals surface area contributed by atoms with Crippen LogP contribution in [0.25, 0.3) is 0 Å². The summed E-state index contributed by atoms with van der Waals surface area (Å²) in [6.07, 6.45) is 0.373. The van der Waals surface area contributed by atoms with Gasteiger partial charge in [-0.15, -0.1) is 0 Å². The zero-order valence-electron chi connectivity index (χ0n) is 11.7. The van der Waals surface area contributed by atoms with Crippen LogP contribution < -0.4 is 9.64 Å². The highest BCUT2D eigenvalue weighted by atomic mass is 16.5. The molecule has 0 saturated heterocycles. The Bertz CT molecular complexity index is 525. The van der Waals surface area contributed by atoms with Gasteiger partial charge >= 0.3 is 0 Å². The average molecular weight is 269 g/mol. The maximum Gasteiger partial charge on any atom is 0.230 e. The maximum atomic E-state index is 12.2. The highest BCUT2D eigenvalue weighted by molar-refractivity contribution is 5.93. The van der Waals surface area contributed by atoms with Gasteiger partial charge in [-0.2, -0.15) is 0 Å². The molecular formula is C17H19NO2. The Balaban J connectivity index is 1.87. The van der Waals surface area contributed by atoms with Crippen LogP contribution in [0.15, 0.2) is 60.7 Å². The van der Waals surface area contributed by atoms with E-state index in [1.807, 2.05) is 67.6 Å². The third-order valence-corrected chi connectivity index (χ3v) is 3.01. The molecule has 0 unspecified atom stereocenters. The van der Waals surface area contributed by atoms with Gasteiger partial charge in [0.1, 0.15) is 5.75 Å². The van der Waals surface area contributed by atoms with Gasteiger partial charge in [0, 0.05) is 12.2 Å². The van der Waals surface area contributed by atoms with Gasteiger partial charge in [-0.05, 0) is 31.2 Å². The van der Waals surface area contributed by atoms with E-state index in [1.54, 1.807) is 4.90 Å². The number of anilines is 1. The lowest BCUT2D eigenvalue weighted by molar-refractivity contribution is -0.119. The van der Waals surface area contributed by atoms with Gasteiger partial charge in [-0.3, -0.25) is 4.79 Å². The number of para-hydroxylation sites is 2. The van der Waals surface area contributed by atoms with Crippen LogP contribution in [0.3, 0.4) is 0 Å². The molecule has 0 saturated carbocycles. The highest BCUT2D eigenvalue weighted by Crippen LogP contribution is 2.14. The number of rotatable bonds is 6. The summed E-state index contributed by atoms with van der Waals surface area (Å²) in [7, 11) is 0. The summed E-state index contributed by atoms with van der Waals surface area (Å²) < 4.78 is 5.56. The van der Waals surface area contributed by atoms with Crippen molar-refractivity contribution < 1.29 is 9.53 Å². The van der Waals surface area contributed by atoms with Crippen LogP contribution in [-0.4, -0.2) is 19.1 Å². The van der Waals surface area contributed by atoms with E-state index in [0.29, 0.717) is 19.6 Å². The lowest BCUT2D eigenvalue weighted by Crippen LogP contribution is -2.31. The number of nitrogens with zero attached hydrogens (tertiary/aromatic N) is 1. The second kappa shape index (κ2) is 7.34. The van der Waals surface area contributed by atoms with Crippen molar-refractivity contribution in [1.29, 1.82) is 0 Å². The van der Waals surface area contributed by atoms with E-state index < -0.39 is 0 Å². The number of carbonyl (C=O) groups is 1. The predicted octanol–water partition coefficient (Wildman–Crippen LogP) is 3.51. The molecule has 0 fully saturated rings. The van der Waals surface area contributed by atoms with Crippen molar-refractivity contribution >= 4 is 11.6 Å². The van der Waals surface area contributed by atoms with Crippen LogP contribution in [0.4, 0.5) is 5.69 Å². The second-order valence-electron chi connectivity index (χ2n) is 4.39. The minimum atomic E-state index is 0.0784. The first-order valence-electron chi connectivity index (χ1n) is 6.84. The highest BCUT2D eigenvalue weighted by Gasteiger charge is 2.13. The second-order valence-corrected chi connectivity index (χ2v) is 4.39. The third kappa shape index (κ3) is 3.85. The molecular weight excluding hydrogens is 250 g/mol. The van der Waals surface area contributed by atoms with Gasteiger partial charge in [-0.25, -0.2) is 0 Å². The van der Waals surface area contributed by atoms with E-state index in [4.69, 9.17) is 4.74 Å². The van der Waals surface area contributed by atoms with Crippen molar-refractivity contribution in [2.45, 2.75) is 13.3 Å². The Morgan fingerprint density at radius 1 is 1.00 bits per heavy atom. The standard InChI is InChI=1S/C17H19NO2/c1-2-18(15-9-5-3-6-10-15)17(19)13-14-20-16-11-7-4-8-12-16/h3-12H,2,13-14H2,1H3. The molecule has 20 heavy (non-hydrogen) atoms. The van der Waals surface area contributed by atoms with Crippen LogP contribution in [0.1, 0.15) is 13.3 Å². The van der Waals surface area contributed by atoms with E-state index in [0.717, 1.165) is 11.4 Å². The summed E-state index contributed by atoms with van der Waals surface area (Å²) in [5.74, 6) is 0.873. The molecule has 0 radical (unpaired) electrons. The van der Waals surface area contributed by atoms with E-state index in [-0.39, 0.29) is 5.91 Å². The molecule has 2 aromatic rings. The largest absolute Gasteiger partial charge is 0.493 e. The normalized spacial score (nSPS) is 10.1. The first-order chi connectivity index (χ1) is 9.81. The zero-order chi connectivity index (χ0) is 14.2. The number of ether oxygens (including phenoxy) is 1. The minimum Gasteiger partial charge on any atom is -0.493 e. The molecule has 0 atom stereocenters. The topological polar surface area (TPSA) is 29.5 Å². The van der Waals surface area contributed by atoms with Crippen LogP contribution in [-0.2, 0) is 4.79 Å². The molecule has 0 heterocycles. The first-order valence-corrected chi connectivity index (χ1v) is 6.84. The van der Waals surface area contributed by atoms with Gasteiger partial charge in [0.05, 0.1) is 13.0 Å². The molecule has 0 aromatic heterocycles. The molecule has 0 aliphatic heterocycles. The summed E-state index contributed by atoms with van der Waals surface area (Å²) in [5, 5.41) is 0. The SMILES string of the molecule is CCN(C(=O)CCOc1ccccc1)c1ccccc1. The molecule has 3 nitrogen and oxygen atoms in total. The molecule has 0 N–H and O–H groups in total. The van der Waals surface area contributed by atoms with Crippen molar-refractivity contribution in [1.82, 2.24) is 0 Å². The maximum absolute atomic E-state index is 12.2. The molecule has 2 aromatic carbocycles. The van der Waals surface area contributed by atoms with Crippen LogP contribution >= 0.6 is 0 Å². The molecule has 104 valence electrons. The lowest BCUT2D eigenvalue weighted by atomic mass is 10.2. The van der Waals surface area contributed by atoms with Crippen LogP contribution in [0.2, 0.25) is 0 Å². The summed E-state index contributed by atoms with van der Waals surface area (Å²) in [5.41, 5.74) is 0.930. The van der Waals surface area contributed by atoms with Crippen LogP contribution in [0, 0.1) is 0 Å². The van der Waals surface area contributed by atoms with Gasteiger partial charge in [0.15, 0.2) is 0 Å². The summed E-state index contributed by atoms with van der Waals surface area (Å²) in [6.45, 7) is 3.03. The molecule has 0 spiro atoms. The zero-order valence-corrected chi connectivity index (χ0v) is 11.7. The average Bonchev–Trinajstić information content (AvgIpc) is 2.50. The number of benzene rings is 2. The quantitative estimate of drug-likeness (QED) is 0.803. The number of carbonyl (C=O) groups excluding carboxylic acids is 1. The number of amides is 1. The number of hydrogen-bond acceptors (Lipinski definition) is 2. The first kappa shape index (κ1) is 14.1. The molecule has 3 heteroatoms. The van der Waals surface area contributed by atoms with Crippen molar-refractivity contribution in [3.63, 3.8) is 0 Å². The predicted molar refractivity (Wildman–Crippen MR) is 81.0 cm³/mol. The van der Waals surface area contributed by atoms with Crippen molar-refractivity contribution in [3.8, 4) is 5.75 Å². The summed E-state index contributed by atoms with van der Waals surface area (Å²) >= 11 is 0. The third-order valence-electron chi connectivity index (χ3n) is 3.01. The van der Waals surface area contributed by atoms with Crippen LogP contribution in [0.5, 0.6) is 5.75 Å². The minimum absolute atomic E-state index is 0.0784. The molecule has 1 amide bonds. The summed E-state index contributed by atoms with van der Waals surface area (Å²) in [6, 6.07) is 19.3.